The van der Waals surface area contributed by atoms with E-state index in [1.165, 1.54) is 22.5 Å². The van der Waals surface area contributed by atoms with Crippen LogP contribution in [0.4, 0.5) is 0 Å². The normalized spacial score (nSPS) is 13.7. The molecule has 1 aliphatic heterocycles. The summed E-state index contributed by atoms with van der Waals surface area (Å²) in [6.45, 7) is 4.33. The number of hydrogen-bond donors (Lipinski definition) is 0. The smallest absolute Gasteiger partial charge is 0.279 e. The van der Waals surface area contributed by atoms with Crippen molar-refractivity contribution in [3.05, 3.63) is 51.8 Å². The standard InChI is InChI=1S/C18H16N2O3S/c1-10-4-5-11(2)16-15(10)20(3)18(24-16)19-17(21)12-6-7-13-14(8-12)23-9-22-13/h4-8H,9H2,1-3H3. The van der Waals surface area contributed by atoms with E-state index in [0.29, 0.717) is 21.9 Å². The molecule has 1 aliphatic rings. The molecule has 5 nitrogen and oxygen atoms in total. The van der Waals surface area contributed by atoms with Gasteiger partial charge in [0.1, 0.15) is 0 Å². The summed E-state index contributed by atoms with van der Waals surface area (Å²) in [6.07, 6.45) is 0. The van der Waals surface area contributed by atoms with E-state index in [-0.39, 0.29) is 12.7 Å². The molecule has 24 heavy (non-hydrogen) atoms. The number of nitrogens with zero attached hydrogens (tertiary/aromatic N) is 2. The molecule has 0 spiro atoms. The van der Waals surface area contributed by atoms with Crippen molar-refractivity contribution in [1.82, 2.24) is 4.57 Å². The van der Waals surface area contributed by atoms with E-state index < -0.39 is 0 Å². The maximum Gasteiger partial charge on any atom is 0.279 e. The van der Waals surface area contributed by atoms with Gasteiger partial charge in [-0.25, -0.2) is 0 Å². The maximum absolute atomic E-state index is 12.5. The van der Waals surface area contributed by atoms with Crippen molar-refractivity contribution in [2.75, 3.05) is 6.79 Å². The van der Waals surface area contributed by atoms with E-state index in [4.69, 9.17) is 9.47 Å². The van der Waals surface area contributed by atoms with Crippen molar-refractivity contribution in [1.29, 1.82) is 0 Å². The van der Waals surface area contributed by atoms with Gasteiger partial charge in [-0.05, 0) is 43.2 Å². The average molecular weight is 340 g/mol. The quantitative estimate of drug-likeness (QED) is 0.683. The van der Waals surface area contributed by atoms with Gasteiger partial charge in [0.05, 0.1) is 10.2 Å². The Bertz CT molecular complexity index is 1050. The van der Waals surface area contributed by atoms with Gasteiger partial charge in [0.2, 0.25) is 6.79 Å². The Labute approximate surface area is 142 Å². The molecular weight excluding hydrogens is 324 g/mol. The topological polar surface area (TPSA) is 52.8 Å². The molecule has 122 valence electrons. The zero-order valence-electron chi connectivity index (χ0n) is 13.6. The molecule has 6 heteroatoms. The third-order valence-corrected chi connectivity index (χ3v) is 5.43. The van der Waals surface area contributed by atoms with Crippen LogP contribution in [0.5, 0.6) is 11.5 Å². The van der Waals surface area contributed by atoms with Crippen molar-refractivity contribution in [2.45, 2.75) is 13.8 Å². The van der Waals surface area contributed by atoms with Crippen LogP contribution in [0.2, 0.25) is 0 Å². The largest absolute Gasteiger partial charge is 0.454 e. The number of thiazole rings is 1. The second-order valence-corrected chi connectivity index (χ2v) is 6.78. The molecule has 0 aliphatic carbocycles. The van der Waals surface area contributed by atoms with Gasteiger partial charge < -0.3 is 14.0 Å². The lowest BCUT2D eigenvalue weighted by molar-refractivity contribution is 0.0997. The molecule has 1 aromatic heterocycles. The Morgan fingerprint density at radius 2 is 1.88 bits per heavy atom. The molecule has 0 fully saturated rings. The van der Waals surface area contributed by atoms with E-state index in [1.807, 2.05) is 11.6 Å². The van der Waals surface area contributed by atoms with Gasteiger partial charge in [0.15, 0.2) is 16.3 Å². The van der Waals surface area contributed by atoms with Crippen molar-refractivity contribution in [2.24, 2.45) is 12.0 Å². The number of benzene rings is 2. The third kappa shape index (κ3) is 2.30. The van der Waals surface area contributed by atoms with Crippen LogP contribution in [0, 0.1) is 13.8 Å². The predicted octanol–water partition coefficient (Wildman–Crippen LogP) is 3.33. The second kappa shape index (κ2) is 5.49. The van der Waals surface area contributed by atoms with Gasteiger partial charge in [0, 0.05) is 12.6 Å². The minimum absolute atomic E-state index is 0.188. The van der Waals surface area contributed by atoms with Crippen LogP contribution in [0.3, 0.4) is 0 Å². The molecule has 0 bridgehead atoms. The second-order valence-electron chi connectivity index (χ2n) is 5.81. The monoisotopic (exact) mass is 340 g/mol. The number of ether oxygens (including phenoxy) is 2. The van der Waals surface area contributed by atoms with Gasteiger partial charge in [-0.3, -0.25) is 4.79 Å². The highest BCUT2D eigenvalue weighted by Gasteiger charge is 2.16. The van der Waals surface area contributed by atoms with Crippen LogP contribution in [0.25, 0.3) is 10.2 Å². The molecular formula is C18H16N2O3S. The summed E-state index contributed by atoms with van der Waals surface area (Å²) >= 11 is 1.53. The average Bonchev–Trinajstić information content (AvgIpc) is 3.16. The first-order chi connectivity index (χ1) is 11.5. The molecule has 2 aromatic carbocycles. The molecule has 0 unspecified atom stereocenters. The van der Waals surface area contributed by atoms with Crippen molar-refractivity contribution in [3.8, 4) is 11.5 Å². The van der Waals surface area contributed by atoms with Crippen LogP contribution in [0.1, 0.15) is 21.5 Å². The number of carbonyl (C=O) groups excluding carboxylic acids is 1. The predicted molar refractivity (Wildman–Crippen MR) is 92.7 cm³/mol. The number of fused-ring (bicyclic) bond motifs is 2. The summed E-state index contributed by atoms with van der Waals surface area (Å²) < 4.78 is 13.7. The van der Waals surface area contributed by atoms with Crippen LogP contribution in [0.15, 0.2) is 35.3 Å². The van der Waals surface area contributed by atoms with E-state index in [9.17, 15) is 4.79 Å². The Morgan fingerprint density at radius 1 is 1.12 bits per heavy atom. The molecule has 1 amide bonds. The number of carbonyl (C=O) groups is 1. The van der Waals surface area contributed by atoms with Crippen LogP contribution >= 0.6 is 11.3 Å². The van der Waals surface area contributed by atoms with Gasteiger partial charge in [-0.2, -0.15) is 4.99 Å². The summed E-state index contributed by atoms with van der Waals surface area (Å²) in [7, 11) is 1.94. The van der Waals surface area contributed by atoms with Crippen LogP contribution in [-0.4, -0.2) is 17.3 Å². The number of amides is 1. The van der Waals surface area contributed by atoms with Crippen molar-refractivity contribution < 1.29 is 14.3 Å². The van der Waals surface area contributed by atoms with E-state index in [2.05, 4.69) is 31.0 Å². The Hall–Kier alpha value is -2.60. The minimum Gasteiger partial charge on any atom is -0.454 e. The zero-order valence-corrected chi connectivity index (χ0v) is 14.4. The summed E-state index contributed by atoms with van der Waals surface area (Å²) in [6, 6.07) is 9.32. The molecule has 0 saturated heterocycles. The maximum atomic E-state index is 12.5. The molecule has 0 saturated carbocycles. The zero-order chi connectivity index (χ0) is 16.8. The van der Waals surface area contributed by atoms with Gasteiger partial charge >= 0.3 is 0 Å². The van der Waals surface area contributed by atoms with E-state index in [1.54, 1.807) is 18.2 Å². The Kier molecular flexibility index (Phi) is 3.42. The minimum atomic E-state index is -0.286. The number of aryl methyl sites for hydroxylation is 3. The first kappa shape index (κ1) is 15.0. The molecule has 4 rings (SSSR count). The fourth-order valence-electron chi connectivity index (χ4n) is 2.85. The first-order valence-corrected chi connectivity index (χ1v) is 8.40. The van der Waals surface area contributed by atoms with E-state index >= 15 is 0 Å². The molecule has 0 N–H and O–H groups in total. The van der Waals surface area contributed by atoms with E-state index in [0.717, 1.165) is 10.2 Å². The number of aromatic nitrogens is 1. The molecule has 0 radical (unpaired) electrons. The van der Waals surface area contributed by atoms with Crippen LogP contribution in [-0.2, 0) is 7.05 Å². The summed E-state index contributed by atoms with van der Waals surface area (Å²) in [5.74, 6) is 0.958. The van der Waals surface area contributed by atoms with Crippen LogP contribution < -0.4 is 14.3 Å². The summed E-state index contributed by atoms with van der Waals surface area (Å²) in [4.78, 5) is 17.5. The first-order valence-electron chi connectivity index (χ1n) is 7.59. The SMILES string of the molecule is Cc1ccc(C)c2c1sc(=NC(=O)c1ccc3c(c1)OCO3)n2C. The third-order valence-electron chi connectivity index (χ3n) is 4.16. The molecule has 0 atom stereocenters. The number of hydrogen-bond acceptors (Lipinski definition) is 4. The number of rotatable bonds is 1. The summed E-state index contributed by atoms with van der Waals surface area (Å²) in [5.41, 5.74) is 3.97. The van der Waals surface area contributed by atoms with Gasteiger partial charge in [0.25, 0.3) is 5.91 Å². The Balaban J connectivity index is 1.82. The summed E-state index contributed by atoms with van der Waals surface area (Å²) in [5, 5.41) is 0. The lowest BCUT2D eigenvalue weighted by Gasteiger charge is -2.02. The fourth-order valence-corrected chi connectivity index (χ4v) is 4.01. The van der Waals surface area contributed by atoms with Crippen molar-refractivity contribution in [3.63, 3.8) is 0 Å². The lowest BCUT2D eigenvalue weighted by Crippen LogP contribution is -2.13. The molecule has 2 heterocycles. The molecule has 3 aromatic rings. The van der Waals surface area contributed by atoms with Crippen molar-refractivity contribution >= 4 is 27.5 Å². The highest BCUT2D eigenvalue weighted by Crippen LogP contribution is 2.32. The Morgan fingerprint density at radius 3 is 2.67 bits per heavy atom. The van der Waals surface area contributed by atoms with Gasteiger partial charge in [-0.15, -0.1) is 0 Å². The fraction of sp³-hybridized carbons (Fsp3) is 0.222. The van der Waals surface area contributed by atoms with Gasteiger partial charge in [-0.1, -0.05) is 23.5 Å². The highest BCUT2D eigenvalue weighted by atomic mass is 32.1. The highest BCUT2D eigenvalue weighted by molar-refractivity contribution is 7.16. The lowest BCUT2D eigenvalue weighted by atomic mass is 10.1.